The maximum Gasteiger partial charge on any atom is 0.244 e. The number of benzene rings is 1. The molecule has 0 aliphatic carbocycles. The summed E-state index contributed by atoms with van der Waals surface area (Å²) in [6, 6.07) is 3.82. The molecule has 2 heterocycles. The summed E-state index contributed by atoms with van der Waals surface area (Å²) >= 11 is 0. The van der Waals surface area contributed by atoms with E-state index in [0.29, 0.717) is 29.0 Å². The van der Waals surface area contributed by atoms with E-state index in [-0.39, 0.29) is 6.04 Å². The molecule has 1 fully saturated rings. The summed E-state index contributed by atoms with van der Waals surface area (Å²) in [5, 5.41) is 4.11. The first-order chi connectivity index (χ1) is 11.2. The highest BCUT2D eigenvalue weighted by molar-refractivity contribution is 5.66. The van der Waals surface area contributed by atoms with Gasteiger partial charge in [0, 0.05) is 5.56 Å². The van der Waals surface area contributed by atoms with Gasteiger partial charge in [0.2, 0.25) is 17.5 Å². The van der Waals surface area contributed by atoms with Crippen molar-refractivity contribution < 1.29 is 18.7 Å². The Labute approximate surface area is 135 Å². The molecule has 1 aromatic heterocycles. The second kappa shape index (κ2) is 6.45. The Balaban J connectivity index is 1.97. The van der Waals surface area contributed by atoms with Crippen molar-refractivity contribution in [2.45, 2.75) is 18.9 Å². The molecule has 0 bridgehead atoms. The molecule has 1 aliphatic rings. The van der Waals surface area contributed by atoms with E-state index in [1.165, 1.54) is 0 Å². The minimum Gasteiger partial charge on any atom is -0.493 e. The molecule has 1 atom stereocenters. The van der Waals surface area contributed by atoms with E-state index in [1.807, 2.05) is 12.1 Å². The summed E-state index contributed by atoms with van der Waals surface area (Å²) in [6.45, 7) is 1.05. The lowest BCUT2D eigenvalue weighted by atomic mass is 10.1. The Hall–Kier alpha value is -2.28. The van der Waals surface area contributed by atoms with Crippen LogP contribution in [0.15, 0.2) is 16.7 Å². The van der Waals surface area contributed by atoms with Gasteiger partial charge in [-0.1, -0.05) is 5.16 Å². The van der Waals surface area contributed by atoms with Gasteiger partial charge < -0.3 is 18.7 Å². The summed E-state index contributed by atoms with van der Waals surface area (Å²) in [4.78, 5) is 6.78. The third-order valence-electron chi connectivity index (χ3n) is 4.17. The van der Waals surface area contributed by atoms with Crippen LogP contribution in [0.2, 0.25) is 0 Å². The Morgan fingerprint density at radius 2 is 1.83 bits per heavy atom. The summed E-state index contributed by atoms with van der Waals surface area (Å²) in [6.07, 6.45) is 2.18. The van der Waals surface area contributed by atoms with E-state index in [0.717, 1.165) is 24.9 Å². The van der Waals surface area contributed by atoms with Crippen LogP contribution < -0.4 is 14.2 Å². The van der Waals surface area contributed by atoms with Gasteiger partial charge in [-0.3, -0.25) is 4.90 Å². The van der Waals surface area contributed by atoms with Crippen LogP contribution in [0.25, 0.3) is 11.4 Å². The van der Waals surface area contributed by atoms with Crippen molar-refractivity contribution in [3.05, 3.63) is 18.0 Å². The number of hydrogen-bond acceptors (Lipinski definition) is 7. The molecule has 0 amide bonds. The summed E-state index contributed by atoms with van der Waals surface area (Å²) in [5.41, 5.74) is 0.759. The zero-order valence-corrected chi connectivity index (χ0v) is 13.8. The van der Waals surface area contributed by atoms with Gasteiger partial charge in [0.15, 0.2) is 11.5 Å². The number of ether oxygens (including phenoxy) is 3. The fourth-order valence-electron chi connectivity index (χ4n) is 2.92. The Bertz CT molecular complexity index is 661. The normalized spacial score (nSPS) is 18.2. The van der Waals surface area contributed by atoms with Crippen LogP contribution in [0.3, 0.4) is 0 Å². The first kappa shape index (κ1) is 15.6. The molecule has 124 valence electrons. The summed E-state index contributed by atoms with van der Waals surface area (Å²) in [7, 11) is 6.80. The zero-order chi connectivity index (χ0) is 16.4. The van der Waals surface area contributed by atoms with Crippen molar-refractivity contribution in [2.24, 2.45) is 0 Å². The summed E-state index contributed by atoms with van der Waals surface area (Å²) < 4.78 is 21.5. The van der Waals surface area contributed by atoms with Crippen molar-refractivity contribution in [1.82, 2.24) is 15.0 Å². The van der Waals surface area contributed by atoms with Gasteiger partial charge in [0.25, 0.3) is 0 Å². The first-order valence-electron chi connectivity index (χ1n) is 7.52. The fraction of sp³-hybridized carbons (Fsp3) is 0.500. The van der Waals surface area contributed by atoms with E-state index in [2.05, 4.69) is 22.1 Å². The second-order valence-electron chi connectivity index (χ2n) is 5.51. The first-order valence-corrected chi connectivity index (χ1v) is 7.52. The molecule has 0 radical (unpaired) electrons. The van der Waals surface area contributed by atoms with E-state index in [4.69, 9.17) is 18.7 Å². The number of hydrogen-bond donors (Lipinski definition) is 0. The molecule has 1 aromatic carbocycles. The van der Waals surface area contributed by atoms with Gasteiger partial charge in [0.05, 0.1) is 27.4 Å². The highest BCUT2D eigenvalue weighted by Crippen LogP contribution is 2.41. The average molecular weight is 319 g/mol. The standard InChI is InChI=1S/C16H21N3O4/c1-19-7-5-6-11(19)16-17-15(18-23-16)10-8-12(20-2)14(22-4)13(9-10)21-3/h8-9,11H,5-7H2,1-4H3. The maximum absolute atomic E-state index is 5.46. The van der Waals surface area contributed by atoms with Gasteiger partial charge >= 0.3 is 0 Å². The molecule has 0 saturated carbocycles. The number of methoxy groups -OCH3 is 3. The largest absolute Gasteiger partial charge is 0.493 e. The van der Waals surface area contributed by atoms with Crippen molar-refractivity contribution >= 4 is 0 Å². The molecule has 2 aromatic rings. The van der Waals surface area contributed by atoms with Crippen LogP contribution in [-0.2, 0) is 0 Å². The van der Waals surface area contributed by atoms with Crippen LogP contribution in [0, 0.1) is 0 Å². The molecule has 1 unspecified atom stereocenters. The fourth-order valence-corrected chi connectivity index (χ4v) is 2.92. The third-order valence-corrected chi connectivity index (χ3v) is 4.17. The number of nitrogens with zero attached hydrogens (tertiary/aromatic N) is 3. The lowest BCUT2D eigenvalue weighted by Crippen LogP contribution is -2.17. The van der Waals surface area contributed by atoms with Gasteiger partial charge in [-0.25, -0.2) is 0 Å². The second-order valence-corrected chi connectivity index (χ2v) is 5.51. The van der Waals surface area contributed by atoms with E-state index in [9.17, 15) is 0 Å². The molecule has 1 aliphatic heterocycles. The molecule has 7 nitrogen and oxygen atoms in total. The van der Waals surface area contributed by atoms with E-state index >= 15 is 0 Å². The van der Waals surface area contributed by atoms with Crippen LogP contribution in [0.1, 0.15) is 24.8 Å². The molecule has 0 N–H and O–H groups in total. The van der Waals surface area contributed by atoms with Crippen molar-refractivity contribution in [3.8, 4) is 28.6 Å². The SMILES string of the molecule is COc1cc(-c2noc(C3CCCN3C)n2)cc(OC)c1OC. The van der Waals surface area contributed by atoms with Crippen LogP contribution in [0.4, 0.5) is 0 Å². The molecule has 1 saturated heterocycles. The third kappa shape index (κ3) is 2.84. The molecule has 3 rings (SSSR count). The smallest absolute Gasteiger partial charge is 0.244 e. The number of rotatable bonds is 5. The highest BCUT2D eigenvalue weighted by Gasteiger charge is 2.28. The highest BCUT2D eigenvalue weighted by atomic mass is 16.5. The van der Waals surface area contributed by atoms with Crippen LogP contribution >= 0.6 is 0 Å². The monoisotopic (exact) mass is 319 g/mol. The Morgan fingerprint density at radius 3 is 2.35 bits per heavy atom. The molecular formula is C16H21N3O4. The molecule has 23 heavy (non-hydrogen) atoms. The van der Waals surface area contributed by atoms with E-state index < -0.39 is 0 Å². The zero-order valence-electron chi connectivity index (χ0n) is 13.8. The number of likely N-dealkylation sites (tertiary alicyclic amines) is 1. The Morgan fingerprint density at radius 1 is 1.13 bits per heavy atom. The minimum atomic E-state index is 0.193. The quantitative estimate of drug-likeness (QED) is 0.838. The van der Waals surface area contributed by atoms with Gasteiger partial charge in [0.1, 0.15) is 0 Å². The number of aromatic nitrogens is 2. The molecular weight excluding hydrogens is 298 g/mol. The van der Waals surface area contributed by atoms with Crippen LogP contribution in [0.5, 0.6) is 17.2 Å². The van der Waals surface area contributed by atoms with Gasteiger partial charge in [-0.05, 0) is 38.6 Å². The summed E-state index contributed by atoms with van der Waals surface area (Å²) in [5.74, 6) is 2.82. The predicted octanol–water partition coefficient (Wildman–Crippen LogP) is 2.53. The predicted molar refractivity (Wildman–Crippen MR) is 84.0 cm³/mol. The lowest BCUT2D eigenvalue weighted by Gasteiger charge is -2.14. The maximum atomic E-state index is 5.46. The van der Waals surface area contributed by atoms with Crippen molar-refractivity contribution in [3.63, 3.8) is 0 Å². The van der Waals surface area contributed by atoms with Crippen LogP contribution in [-0.4, -0.2) is 50.0 Å². The minimum absolute atomic E-state index is 0.193. The van der Waals surface area contributed by atoms with Gasteiger partial charge in [-0.15, -0.1) is 0 Å². The van der Waals surface area contributed by atoms with Gasteiger partial charge in [-0.2, -0.15) is 4.98 Å². The lowest BCUT2D eigenvalue weighted by molar-refractivity contribution is 0.245. The Kier molecular flexibility index (Phi) is 4.38. The molecule has 0 spiro atoms. The molecule has 7 heteroatoms. The topological polar surface area (TPSA) is 69.9 Å². The average Bonchev–Trinajstić information content (AvgIpc) is 3.21. The van der Waals surface area contributed by atoms with E-state index in [1.54, 1.807) is 21.3 Å². The van der Waals surface area contributed by atoms with Crippen molar-refractivity contribution in [2.75, 3.05) is 34.9 Å². The van der Waals surface area contributed by atoms with Crippen molar-refractivity contribution in [1.29, 1.82) is 0 Å².